The number of nitrogens with one attached hydrogen (secondary N) is 1. The summed E-state index contributed by atoms with van der Waals surface area (Å²) in [5.74, 6) is 0.618. The molecule has 0 amide bonds. The molecule has 1 aliphatic carbocycles. The van der Waals surface area contributed by atoms with Crippen LogP contribution >= 0.6 is 0 Å². The average molecular weight is 234 g/mol. The molecule has 0 spiro atoms. The summed E-state index contributed by atoms with van der Waals surface area (Å²) in [5.41, 5.74) is 8.12. The van der Waals surface area contributed by atoms with Crippen molar-refractivity contribution in [3.63, 3.8) is 0 Å². The normalized spacial score (nSPS) is 23.9. The Kier molecular flexibility index (Phi) is 4.40. The second-order valence-electron chi connectivity index (χ2n) is 4.85. The molecule has 1 aromatic carbocycles. The van der Waals surface area contributed by atoms with Crippen LogP contribution in [0.5, 0.6) is 0 Å². The lowest BCUT2D eigenvalue weighted by molar-refractivity contribution is 0.299. The Morgan fingerprint density at radius 3 is 2.65 bits per heavy atom. The van der Waals surface area contributed by atoms with Crippen LogP contribution in [0.3, 0.4) is 0 Å². The third-order valence-corrected chi connectivity index (χ3v) is 3.67. The number of aliphatic hydroxyl groups excluding tert-OH is 1. The van der Waals surface area contributed by atoms with Crippen molar-refractivity contribution in [3.8, 4) is 0 Å². The fourth-order valence-electron chi connectivity index (χ4n) is 2.62. The molecule has 1 aromatic rings. The van der Waals surface area contributed by atoms with Crippen LogP contribution in [0.2, 0.25) is 0 Å². The van der Waals surface area contributed by atoms with Crippen molar-refractivity contribution in [3.05, 3.63) is 29.8 Å². The van der Waals surface area contributed by atoms with Crippen LogP contribution in [-0.2, 0) is 6.42 Å². The minimum Gasteiger partial charge on any atom is -0.396 e. The molecule has 2 rings (SSSR count). The molecule has 1 fully saturated rings. The third-order valence-electron chi connectivity index (χ3n) is 3.67. The molecule has 0 saturated heterocycles. The van der Waals surface area contributed by atoms with Gasteiger partial charge in [0.2, 0.25) is 0 Å². The minimum absolute atomic E-state index is 0.213. The highest BCUT2D eigenvalue weighted by Crippen LogP contribution is 2.27. The molecule has 0 radical (unpaired) electrons. The fraction of sp³-hybridized carbons (Fsp3) is 0.571. The SMILES string of the molecule is NCC1CCCC1Nc1ccc(CCO)cc1. The lowest BCUT2D eigenvalue weighted by Gasteiger charge is -2.20. The van der Waals surface area contributed by atoms with Crippen LogP contribution in [0.15, 0.2) is 24.3 Å². The van der Waals surface area contributed by atoms with E-state index in [-0.39, 0.29) is 6.61 Å². The standard InChI is InChI=1S/C14H22N2O/c15-10-12-2-1-3-14(12)16-13-6-4-11(5-7-13)8-9-17/h4-7,12,14,16-17H,1-3,8-10,15H2. The van der Waals surface area contributed by atoms with E-state index in [4.69, 9.17) is 10.8 Å². The molecule has 2 atom stereocenters. The van der Waals surface area contributed by atoms with Gasteiger partial charge in [-0.05, 0) is 49.4 Å². The number of hydrogen-bond donors (Lipinski definition) is 3. The molecule has 2 unspecified atom stereocenters. The molecular formula is C14H22N2O. The Balaban J connectivity index is 1.94. The average Bonchev–Trinajstić information content (AvgIpc) is 2.79. The molecule has 0 bridgehead atoms. The number of rotatable bonds is 5. The zero-order valence-electron chi connectivity index (χ0n) is 10.2. The van der Waals surface area contributed by atoms with Gasteiger partial charge in [0, 0.05) is 18.3 Å². The summed E-state index contributed by atoms with van der Waals surface area (Å²) in [6.07, 6.45) is 4.48. The maximum absolute atomic E-state index is 8.86. The summed E-state index contributed by atoms with van der Waals surface area (Å²) in [4.78, 5) is 0. The maximum Gasteiger partial charge on any atom is 0.0471 e. The number of aliphatic hydroxyl groups is 1. The van der Waals surface area contributed by atoms with E-state index in [1.807, 2.05) is 0 Å². The zero-order chi connectivity index (χ0) is 12.1. The Morgan fingerprint density at radius 2 is 2.00 bits per heavy atom. The molecule has 0 aliphatic heterocycles. The highest BCUT2D eigenvalue weighted by Gasteiger charge is 2.25. The van der Waals surface area contributed by atoms with Crippen LogP contribution in [0.25, 0.3) is 0 Å². The van der Waals surface area contributed by atoms with Gasteiger partial charge in [0.05, 0.1) is 0 Å². The van der Waals surface area contributed by atoms with Gasteiger partial charge in [0.15, 0.2) is 0 Å². The smallest absolute Gasteiger partial charge is 0.0471 e. The summed E-state index contributed by atoms with van der Waals surface area (Å²) in [6.45, 7) is 0.991. The van der Waals surface area contributed by atoms with Crippen LogP contribution in [0.1, 0.15) is 24.8 Å². The fourth-order valence-corrected chi connectivity index (χ4v) is 2.62. The van der Waals surface area contributed by atoms with E-state index in [0.717, 1.165) is 18.7 Å². The molecule has 0 aromatic heterocycles. The van der Waals surface area contributed by atoms with Crippen LogP contribution in [-0.4, -0.2) is 24.3 Å². The molecule has 0 heterocycles. The first kappa shape index (κ1) is 12.4. The minimum atomic E-state index is 0.213. The molecule has 3 heteroatoms. The van der Waals surface area contributed by atoms with Crippen molar-refractivity contribution < 1.29 is 5.11 Å². The second kappa shape index (κ2) is 6.03. The molecular weight excluding hydrogens is 212 g/mol. The highest BCUT2D eigenvalue weighted by atomic mass is 16.2. The number of anilines is 1. The Hall–Kier alpha value is -1.06. The Morgan fingerprint density at radius 1 is 1.24 bits per heavy atom. The Labute approximate surface area is 103 Å². The van der Waals surface area contributed by atoms with E-state index in [2.05, 4.69) is 29.6 Å². The van der Waals surface area contributed by atoms with Gasteiger partial charge in [-0.25, -0.2) is 0 Å². The summed E-state index contributed by atoms with van der Waals surface area (Å²) in [5, 5.41) is 12.4. The zero-order valence-corrected chi connectivity index (χ0v) is 10.2. The van der Waals surface area contributed by atoms with Gasteiger partial charge >= 0.3 is 0 Å². The molecule has 1 saturated carbocycles. The first-order chi connectivity index (χ1) is 8.33. The van der Waals surface area contributed by atoms with Crippen LogP contribution in [0, 0.1) is 5.92 Å². The number of benzene rings is 1. The van der Waals surface area contributed by atoms with Crippen molar-refractivity contribution >= 4 is 5.69 Å². The van der Waals surface area contributed by atoms with Crippen molar-refractivity contribution in [2.45, 2.75) is 31.7 Å². The van der Waals surface area contributed by atoms with E-state index in [1.165, 1.54) is 24.8 Å². The quantitative estimate of drug-likeness (QED) is 0.727. The maximum atomic E-state index is 8.86. The highest BCUT2D eigenvalue weighted by molar-refractivity contribution is 5.45. The number of hydrogen-bond acceptors (Lipinski definition) is 3. The van der Waals surface area contributed by atoms with Gasteiger partial charge in [-0.1, -0.05) is 18.6 Å². The first-order valence-electron chi connectivity index (χ1n) is 6.50. The third kappa shape index (κ3) is 3.20. The van der Waals surface area contributed by atoms with E-state index in [0.29, 0.717) is 12.0 Å². The van der Waals surface area contributed by atoms with Crippen molar-refractivity contribution in [1.82, 2.24) is 0 Å². The lowest BCUT2D eigenvalue weighted by atomic mass is 10.0. The largest absolute Gasteiger partial charge is 0.396 e. The molecule has 1 aliphatic rings. The van der Waals surface area contributed by atoms with Gasteiger partial charge in [-0.2, -0.15) is 0 Å². The summed E-state index contributed by atoms with van der Waals surface area (Å²) in [7, 11) is 0. The van der Waals surface area contributed by atoms with Crippen molar-refractivity contribution in [2.24, 2.45) is 11.7 Å². The monoisotopic (exact) mass is 234 g/mol. The van der Waals surface area contributed by atoms with Gasteiger partial charge in [0.1, 0.15) is 0 Å². The summed E-state index contributed by atoms with van der Waals surface area (Å²) in [6, 6.07) is 8.87. The van der Waals surface area contributed by atoms with E-state index in [9.17, 15) is 0 Å². The molecule has 94 valence electrons. The van der Waals surface area contributed by atoms with Gasteiger partial charge < -0.3 is 16.2 Å². The molecule has 3 nitrogen and oxygen atoms in total. The van der Waals surface area contributed by atoms with Crippen molar-refractivity contribution in [2.75, 3.05) is 18.5 Å². The van der Waals surface area contributed by atoms with E-state index in [1.54, 1.807) is 0 Å². The summed E-state index contributed by atoms with van der Waals surface area (Å²) < 4.78 is 0. The lowest BCUT2D eigenvalue weighted by Crippen LogP contribution is -2.29. The molecule has 4 N–H and O–H groups in total. The topological polar surface area (TPSA) is 58.3 Å². The first-order valence-corrected chi connectivity index (χ1v) is 6.50. The Bertz CT molecular complexity index is 337. The summed E-state index contributed by atoms with van der Waals surface area (Å²) >= 11 is 0. The van der Waals surface area contributed by atoms with Crippen LogP contribution in [0.4, 0.5) is 5.69 Å². The van der Waals surface area contributed by atoms with Crippen molar-refractivity contribution in [1.29, 1.82) is 0 Å². The second-order valence-corrected chi connectivity index (χ2v) is 4.85. The predicted octanol–water partition coefficient (Wildman–Crippen LogP) is 1.76. The van der Waals surface area contributed by atoms with Gasteiger partial charge in [0.25, 0.3) is 0 Å². The van der Waals surface area contributed by atoms with E-state index < -0.39 is 0 Å². The van der Waals surface area contributed by atoms with E-state index >= 15 is 0 Å². The van der Waals surface area contributed by atoms with Gasteiger partial charge in [-0.3, -0.25) is 0 Å². The molecule has 17 heavy (non-hydrogen) atoms. The predicted molar refractivity (Wildman–Crippen MR) is 71.0 cm³/mol. The number of nitrogens with two attached hydrogens (primary N) is 1. The van der Waals surface area contributed by atoms with Crippen LogP contribution < -0.4 is 11.1 Å². The van der Waals surface area contributed by atoms with Gasteiger partial charge in [-0.15, -0.1) is 0 Å².